The highest BCUT2D eigenvalue weighted by Crippen LogP contribution is 2.32. The number of hydrogen-bond donors (Lipinski definition) is 1. The monoisotopic (exact) mass is 357 g/mol. The third-order valence-electron chi connectivity index (χ3n) is 4.01. The number of nitrogens with one attached hydrogen (secondary N) is 1. The fraction of sp³-hybridized carbons (Fsp3) is 0. The van der Waals surface area contributed by atoms with Crippen molar-refractivity contribution < 1.29 is 9.59 Å². The summed E-state index contributed by atoms with van der Waals surface area (Å²) < 4.78 is 0. The van der Waals surface area contributed by atoms with Gasteiger partial charge in [0.25, 0.3) is 11.1 Å². The van der Waals surface area contributed by atoms with Gasteiger partial charge in [-0.3, -0.25) is 19.9 Å². The molecule has 1 aromatic heterocycles. The number of amides is 2. The zero-order chi connectivity index (χ0) is 18.1. The van der Waals surface area contributed by atoms with Crippen molar-refractivity contribution in [2.24, 2.45) is 0 Å². The number of nitriles is 1. The number of imide groups is 1. The molecule has 1 fully saturated rings. The molecule has 0 bridgehead atoms. The molecule has 6 heteroatoms. The molecular weight excluding hydrogens is 346 g/mol. The summed E-state index contributed by atoms with van der Waals surface area (Å²) in [6.45, 7) is 0. The van der Waals surface area contributed by atoms with Crippen molar-refractivity contribution in [1.29, 1.82) is 5.26 Å². The van der Waals surface area contributed by atoms with Crippen LogP contribution in [0, 0.1) is 11.3 Å². The molecule has 1 aliphatic heterocycles. The van der Waals surface area contributed by atoms with Gasteiger partial charge in [0.15, 0.2) is 0 Å². The van der Waals surface area contributed by atoms with Crippen molar-refractivity contribution in [1.82, 2.24) is 10.3 Å². The number of carbonyl (C=O) groups excluding carboxylic acids is 2. The number of rotatable bonds is 2. The smallest absolute Gasteiger partial charge is 0.282 e. The van der Waals surface area contributed by atoms with Gasteiger partial charge in [-0.1, -0.05) is 36.4 Å². The molecule has 0 radical (unpaired) electrons. The minimum atomic E-state index is -0.396. The van der Waals surface area contributed by atoms with Crippen LogP contribution in [-0.2, 0) is 4.79 Å². The average Bonchev–Trinajstić information content (AvgIpc) is 2.98. The van der Waals surface area contributed by atoms with E-state index in [0.717, 1.165) is 39.4 Å². The van der Waals surface area contributed by atoms with E-state index in [1.54, 1.807) is 12.3 Å². The highest BCUT2D eigenvalue weighted by molar-refractivity contribution is 8.18. The maximum Gasteiger partial charge on any atom is 0.290 e. The van der Waals surface area contributed by atoms with Crippen LogP contribution < -0.4 is 5.32 Å². The van der Waals surface area contributed by atoms with Gasteiger partial charge in [0.2, 0.25) is 0 Å². The van der Waals surface area contributed by atoms with E-state index in [2.05, 4.69) is 16.4 Å². The molecule has 2 amide bonds. The number of aromatic nitrogens is 1. The molecule has 0 saturated carbocycles. The predicted octanol–water partition coefficient (Wildman–Crippen LogP) is 4.10. The first kappa shape index (κ1) is 16.1. The summed E-state index contributed by atoms with van der Waals surface area (Å²) >= 11 is 0.876. The lowest BCUT2D eigenvalue weighted by molar-refractivity contribution is -0.115. The standard InChI is InChI=1S/C20H11N3O2S/c21-10-14-11-22-16-7-6-12(9-17-19(24)23-20(25)26-17)8-15(16)18(14)13-4-2-1-3-5-13/h1-9,11H,(H,23,24,25)/b17-9+. The molecule has 2 aromatic carbocycles. The van der Waals surface area contributed by atoms with Crippen LogP contribution in [0.1, 0.15) is 11.1 Å². The first-order valence-electron chi connectivity index (χ1n) is 7.79. The second-order valence-electron chi connectivity index (χ2n) is 5.65. The summed E-state index contributed by atoms with van der Waals surface area (Å²) in [4.78, 5) is 27.8. The molecule has 2 heterocycles. The highest BCUT2D eigenvalue weighted by atomic mass is 32.2. The van der Waals surface area contributed by atoms with Crippen molar-refractivity contribution >= 4 is 39.9 Å². The SMILES string of the molecule is N#Cc1cnc2ccc(/C=C3/SC(=O)NC3=O)cc2c1-c1ccccc1. The minimum absolute atomic E-state index is 0.347. The number of fused-ring (bicyclic) bond motifs is 1. The van der Waals surface area contributed by atoms with Gasteiger partial charge in [-0.2, -0.15) is 5.26 Å². The number of benzene rings is 2. The number of nitrogens with zero attached hydrogens (tertiary/aromatic N) is 2. The van der Waals surface area contributed by atoms with Crippen LogP contribution in [0.2, 0.25) is 0 Å². The molecule has 26 heavy (non-hydrogen) atoms. The zero-order valence-electron chi connectivity index (χ0n) is 13.4. The second kappa shape index (κ2) is 6.47. The third-order valence-corrected chi connectivity index (χ3v) is 4.83. The van der Waals surface area contributed by atoms with E-state index < -0.39 is 5.91 Å². The predicted molar refractivity (Wildman–Crippen MR) is 101 cm³/mol. The van der Waals surface area contributed by atoms with Crippen LogP contribution in [0.5, 0.6) is 0 Å². The van der Waals surface area contributed by atoms with Crippen LogP contribution in [0.15, 0.2) is 59.6 Å². The van der Waals surface area contributed by atoms with Crippen molar-refractivity contribution in [2.45, 2.75) is 0 Å². The molecule has 1 N–H and O–H groups in total. The summed E-state index contributed by atoms with van der Waals surface area (Å²) in [5.74, 6) is -0.396. The van der Waals surface area contributed by atoms with Gasteiger partial charge in [0, 0.05) is 17.1 Å². The first-order chi connectivity index (χ1) is 12.7. The van der Waals surface area contributed by atoms with E-state index in [1.807, 2.05) is 48.5 Å². The Bertz CT molecular complexity index is 1130. The van der Waals surface area contributed by atoms with Gasteiger partial charge in [-0.15, -0.1) is 0 Å². The summed E-state index contributed by atoms with van der Waals surface area (Å²) in [7, 11) is 0. The lowest BCUT2D eigenvalue weighted by atomic mass is 9.96. The summed E-state index contributed by atoms with van der Waals surface area (Å²) in [5, 5.41) is 12.2. The van der Waals surface area contributed by atoms with E-state index in [4.69, 9.17) is 0 Å². The van der Waals surface area contributed by atoms with Crippen LogP contribution in [0.25, 0.3) is 28.1 Å². The number of pyridine rings is 1. The van der Waals surface area contributed by atoms with E-state index in [0.29, 0.717) is 10.5 Å². The molecule has 4 rings (SSSR count). The van der Waals surface area contributed by atoms with Crippen molar-refractivity contribution in [3.05, 3.63) is 70.8 Å². The molecular formula is C20H11N3O2S. The Hall–Kier alpha value is -3.43. The Labute approximate surface area is 153 Å². The molecule has 0 aliphatic carbocycles. The Kier molecular flexibility index (Phi) is 3.99. The van der Waals surface area contributed by atoms with E-state index in [9.17, 15) is 14.9 Å². The highest BCUT2D eigenvalue weighted by Gasteiger charge is 2.25. The lowest BCUT2D eigenvalue weighted by Crippen LogP contribution is -2.17. The minimum Gasteiger partial charge on any atom is -0.282 e. The fourth-order valence-corrected chi connectivity index (χ4v) is 3.56. The van der Waals surface area contributed by atoms with Crippen LogP contribution in [-0.4, -0.2) is 16.1 Å². The number of thioether (sulfide) groups is 1. The Balaban J connectivity index is 1.93. The Morgan fingerprint density at radius 3 is 2.62 bits per heavy atom. The van der Waals surface area contributed by atoms with E-state index >= 15 is 0 Å². The Morgan fingerprint density at radius 1 is 1.12 bits per heavy atom. The molecule has 0 atom stereocenters. The normalized spacial score (nSPS) is 15.3. The van der Waals surface area contributed by atoms with Gasteiger partial charge in [0.05, 0.1) is 16.0 Å². The quantitative estimate of drug-likeness (QED) is 0.698. The number of hydrogen-bond acceptors (Lipinski definition) is 5. The van der Waals surface area contributed by atoms with Crippen molar-refractivity contribution in [3.63, 3.8) is 0 Å². The van der Waals surface area contributed by atoms with Gasteiger partial charge < -0.3 is 0 Å². The Morgan fingerprint density at radius 2 is 1.92 bits per heavy atom. The maximum atomic E-state index is 11.8. The molecule has 124 valence electrons. The third kappa shape index (κ3) is 2.85. The summed E-state index contributed by atoms with van der Waals surface area (Å²) in [6, 6.07) is 17.4. The van der Waals surface area contributed by atoms with Crippen LogP contribution in [0.4, 0.5) is 4.79 Å². The maximum absolute atomic E-state index is 11.8. The van der Waals surface area contributed by atoms with Crippen LogP contribution in [0.3, 0.4) is 0 Å². The molecule has 3 aromatic rings. The second-order valence-corrected chi connectivity index (χ2v) is 6.67. The van der Waals surface area contributed by atoms with Crippen molar-refractivity contribution in [2.75, 3.05) is 0 Å². The van der Waals surface area contributed by atoms with Gasteiger partial charge in [-0.25, -0.2) is 0 Å². The molecule has 5 nitrogen and oxygen atoms in total. The van der Waals surface area contributed by atoms with E-state index in [-0.39, 0.29) is 5.24 Å². The lowest BCUT2D eigenvalue weighted by Gasteiger charge is -2.09. The largest absolute Gasteiger partial charge is 0.290 e. The summed E-state index contributed by atoms with van der Waals surface area (Å²) in [6.07, 6.45) is 3.24. The van der Waals surface area contributed by atoms with Gasteiger partial charge in [-0.05, 0) is 41.1 Å². The van der Waals surface area contributed by atoms with Gasteiger partial charge in [0.1, 0.15) is 6.07 Å². The van der Waals surface area contributed by atoms with Gasteiger partial charge >= 0.3 is 0 Å². The molecule has 0 spiro atoms. The van der Waals surface area contributed by atoms with Crippen molar-refractivity contribution in [3.8, 4) is 17.2 Å². The van der Waals surface area contributed by atoms with Crippen LogP contribution >= 0.6 is 11.8 Å². The topological polar surface area (TPSA) is 82.8 Å². The number of carbonyl (C=O) groups is 2. The fourth-order valence-electron chi connectivity index (χ4n) is 2.87. The molecule has 0 unspecified atom stereocenters. The molecule has 1 saturated heterocycles. The molecule has 1 aliphatic rings. The van der Waals surface area contributed by atoms with E-state index in [1.165, 1.54) is 0 Å². The average molecular weight is 357 g/mol. The first-order valence-corrected chi connectivity index (χ1v) is 8.60. The summed E-state index contributed by atoms with van der Waals surface area (Å²) in [5.41, 5.74) is 3.72. The zero-order valence-corrected chi connectivity index (χ0v) is 14.2.